The largest absolute Gasteiger partial charge is 0.469 e. The van der Waals surface area contributed by atoms with E-state index < -0.39 is 0 Å². The van der Waals surface area contributed by atoms with Crippen molar-refractivity contribution in [1.29, 1.82) is 0 Å². The molecule has 0 atom stereocenters. The van der Waals surface area contributed by atoms with E-state index in [-0.39, 0.29) is 29.7 Å². The van der Waals surface area contributed by atoms with E-state index in [4.69, 9.17) is 4.74 Å². The number of anilines is 1. The zero-order valence-corrected chi connectivity index (χ0v) is 14.3. The molecule has 0 radical (unpaired) electrons. The molecule has 3 rings (SSSR count). The van der Waals surface area contributed by atoms with Crippen molar-refractivity contribution >= 4 is 35.2 Å². The maximum Gasteiger partial charge on any atom is 0.308 e. The third-order valence-electron chi connectivity index (χ3n) is 4.47. The van der Waals surface area contributed by atoms with Crippen molar-refractivity contribution < 1.29 is 19.1 Å². The van der Waals surface area contributed by atoms with E-state index in [1.54, 1.807) is 12.1 Å². The van der Waals surface area contributed by atoms with Gasteiger partial charge in [-0.3, -0.25) is 14.4 Å². The summed E-state index contributed by atoms with van der Waals surface area (Å²) in [5, 5.41) is 5.81. The van der Waals surface area contributed by atoms with E-state index in [0.29, 0.717) is 17.0 Å². The Morgan fingerprint density at radius 3 is 2.71 bits per heavy atom. The second kappa shape index (κ2) is 7.25. The lowest BCUT2D eigenvalue weighted by molar-refractivity contribution is -0.146. The van der Waals surface area contributed by atoms with E-state index in [1.165, 1.54) is 18.9 Å². The van der Waals surface area contributed by atoms with Crippen molar-refractivity contribution in [2.45, 2.75) is 36.6 Å². The molecule has 0 aromatic heterocycles. The summed E-state index contributed by atoms with van der Waals surface area (Å²) >= 11 is 1.47. The number of rotatable bonds is 3. The van der Waals surface area contributed by atoms with Crippen LogP contribution in [0.3, 0.4) is 0 Å². The summed E-state index contributed by atoms with van der Waals surface area (Å²) in [5.74, 6) is -0.0145. The van der Waals surface area contributed by atoms with E-state index in [2.05, 4.69) is 10.6 Å². The molecule has 1 aromatic carbocycles. The molecule has 6 nitrogen and oxygen atoms in total. The molecule has 24 heavy (non-hydrogen) atoms. The van der Waals surface area contributed by atoms with Gasteiger partial charge < -0.3 is 15.4 Å². The van der Waals surface area contributed by atoms with Gasteiger partial charge in [-0.1, -0.05) is 0 Å². The quantitative estimate of drug-likeness (QED) is 0.818. The maximum absolute atomic E-state index is 12.4. The second-order valence-corrected chi connectivity index (χ2v) is 7.11. The molecule has 2 N–H and O–H groups in total. The predicted octanol–water partition coefficient (Wildman–Crippen LogP) is 2.19. The first-order chi connectivity index (χ1) is 11.6. The van der Waals surface area contributed by atoms with Crippen molar-refractivity contribution in [2.75, 3.05) is 18.2 Å². The Morgan fingerprint density at radius 2 is 2.00 bits per heavy atom. The van der Waals surface area contributed by atoms with Crippen LogP contribution in [0.25, 0.3) is 0 Å². The van der Waals surface area contributed by atoms with Crippen LogP contribution in [0.2, 0.25) is 0 Å². The van der Waals surface area contributed by atoms with Crippen LogP contribution in [0.5, 0.6) is 0 Å². The van der Waals surface area contributed by atoms with Crippen LogP contribution in [0.1, 0.15) is 36.0 Å². The predicted molar refractivity (Wildman–Crippen MR) is 91.0 cm³/mol. The molecule has 1 saturated carbocycles. The molecule has 128 valence electrons. The Morgan fingerprint density at radius 1 is 1.25 bits per heavy atom. The normalized spacial score (nSPS) is 23.0. The third-order valence-corrected chi connectivity index (χ3v) is 5.55. The number of carbonyl (C=O) groups excluding carboxylic acids is 3. The first kappa shape index (κ1) is 16.8. The van der Waals surface area contributed by atoms with Crippen LogP contribution in [0, 0.1) is 5.92 Å². The van der Waals surface area contributed by atoms with Crippen molar-refractivity contribution in [1.82, 2.24) is 5.32 Å². The highest BCUT2D eigenvalue weighted by Crippen LogP contribution is 2.32. The summed E-state index contributed by atoms with van der Waals surface area (Å²) in [6.07, 6.45) is 3.00. The Kier molecular flexibility index (Phi) is 5.08. The topological polar surface area (TPSA) is 84.5 Å². The van der Waals surface area contributed by atoms with E-state index in [0.717, 1.165) is 30.6 Å². The maximum atomic E-state index is 12.4. The molecule has 2 aliphatic rings. The van der Waals surface area contributed by atoms with Gasteiger partial charge in [-0.2, -0.15) is 0 Å². The summed E-state index contributed by atoms with van der Waals surface area (Å²) in [5.41, 5.74) is 1.23. The van der Waals surface area contributed by atoms with Crippen molar-refractivity contribution in [3.05, 3.63) is 23.8 Å². The number of methoxy groups -OCH3 is 1. The number of ether oxygens (including phenoxy) is 1. The van der Waals surface area contributed by atoms with Crippen molar-refractivity contribution in [3.63, 3.8) is 0 Å². The molecule has 2 amide bonds. The van der Waals surface area contributed by atoms with Crippen LogP contribution < -0.4 is 10.6 Å². The smallest absolute Gasteiger partial charge is 0.308 e. The molecule has 0 spiro atoms. The third kappa shape index (κ3) is 3.72. The molecule has 7 heteroatoms. The molecular weight excluding hydrogens is 328 g/mol. The second-order valence-electron chi connectivity index (χ2n) is 6.09. The number of thioether (sulfide) groups is 1. The molecular formula is C17H20N2O4S. The minimum Gasteiger partial charge on any atom is -0.469 e. The first-order valence-electron chi connectivity index (χ1n) is 8.02. The Bertz CT molecular complexity index is 669. The number of amides is 2. The lowest BCUT2D eigenvalue weighted by Gasteiger charge is -2.27. The van der Waals surface area contributed by atoms with E-state index in [1.807, 2.05) is 6.07 Å². The van der Waals surface area contributed by atoms with Crippen molar-refractivity contribution in [3.8, 4) is 0 Å². The molecule has 1 aromatic rings. The van der Waals surface area contributed by atoms with Crippen molar-refractivity contribution in [2.24, 2.45) is 5.92 Å². The number of carbonyl (C=O) groups is 3. The summed E-state index contributed by atoms with van der Waals surface area (Å²) in [6.45, 7) is 0. The lowest BCUT2D eigenvalue weighted by atomic mass is 9.86. The Labute approximate surface area is 144 Å². The van der Waals surface area contributed by atoms with Crippen LogP contribution in [-0.4, -0.2) is 36.7 Å². The van der Waals surface area contributed by atoms with Gasteiger partial charge in [-0.25, -0.2) is 0 Å². The Balaban J connectivity index is 1.59. The zero-order valence-electron chi connectivity index (χ0n) is 13.5. The molecule has 1 aliphatic heterocycles. The molecule has 1 aliphatic carbocycles. The molecule has 0 bridgehead atoms. The van der Waals surface area contributed by atoms with Gasteiger partial charge in [0, 0.05) is 16.5 Å². The highest BCUT2D eigenvalue weighted by molar-refractivity contribution is 8.00. The zero-order chi connectivity index (χ0) is 17.1. The van der Waals surface area contributed by atoms with E-state index >= 15 is 0 Å². The highest BCUT2D eigenvalue weighted by atomic mass is 32.2. The molecule has 0 saturated heterocycles. The fraction of sp³-hybridized carbons (Fsp3) is 0.471. The SMILES string of the molecule is COC(=O)[C@H]1CC[C@H](NC(=O)c2ccc3c(c2)NC(=O)CS3)CC1. The first-order valence-corrected chi connectivity index (χ1v) is 9.01. The number of benzene rings is 1. The monoisotopic (exact) mass is 348 g/mol. The van der Waals surface area contributed by atoms with Gasteiger partial charge in [0.15, 0.2) is 0 Å². The van der Waals surface area contributed by atoms with Gasteiger partial charge in [0.2, 0.25) is 5.91 Å². The summed E-state index contributed by atoms with van der Waals surface area (Å²) < 4.78 is 4.77. The fourth-order valence-electron chi connectivity index (χ4n) is 3.13. The van der Waals surface area contributed by atoms with Gasteiger partial charge in [0.05, 0.1) is 24.5 Å². The number of hydrogen-bond donors (Lipinski definition) is 2. The average molecular weight is 348 g/mol. The van der Waals surface area contributed by atoms with Crippen LogP contribution in [0.15, 0.2) is 23.1 Å². The number of hydrogen-bond acceptors (Lipinski definition) is 5. The van der Waals surface area contributed by atoms with E-state index in [9.17, 15) is 14.4 Å². The summed E-state index contributed by atoms with van der Waals surface area (Å²) in [6, 6.07) is 5.43. The van der Waals surface area contributed by atoms with Gasteiger partial charge in [0.25, 0.3) is 5.91 Å². The standard InChI is InChI=1S/C17H20N2O4S/c1-23-17(22)10-2-5-12(6-3-10)18-16(21)11-4-7-14-13(8-11)19-15(20)9-24-14/h4,7-8,10,12H,2-3,5-6,9H2,1H3,(H,18,21)(H,19,20)/t10-,12-. The minimum atomic E-state index is -0.164. The molecule has 1 fully saturated rings. The van der Waals surface area contributed by atoms with Crippen LogP contribution in [-0.2, 0) is 14.3 Å². The number of fused-ring (bicyclic) bond motifs is 1. The van der Waals surface area contributed by atoms with Gasteiger partial charge in [0.1, 0.15) is 0 Å². The number of esters is 1. The highest BCUT2D eigenvalue weighted by Gasteiger charge is 2.28. The van der Waals surface area contributed by atoms with Crippen LogP contribution in [0.4, 0.5) is 5.69 Å². The Hall–Kier alpha value is -2.02. The average Bonchev–Trinajstić information content (AvgIpc) is 2.61. The molecule has 1 heterocycles. The van der Waals surface area contributed by atoms with Gasteiger partial charge >= 0.3 is 5.97 Å². The van der Waals surface area contributed by atoms with Gasteiger partial charge in [-0.05, 0) is 43.9 Å². The minimum absolute atomic E-state index is 0.0498. The van der Waals surface area contributed by atoms with Crippen LogP contribution >= 0.6 is 11.8 Å². The van der Waals surface area contributed by atoms with Gasteiger partial charge in [-0.15, -0.1) is 11.8 Å². The summed E-state index contributed by atoms with van der Waals surface area (Å²) in [7, 11) is 1.41. The lowest BCUT2D eigenvalue weighted by Crippen LogP contribution is -2.39. The summed E-state index contributed by atoms with van der Waals surface area (Å²) in [4.78, 5) is 36.4. The number of nitrogens with one attached hydrogen (secondary N) is 2. The molecule has 0 unspecified atom stereocenters. The fourth-order valence-corrected chi connectivity index (χ4v) is 3.92.